The van der Waals surface area contributed by atoms with Gasteiger partial charge in [-0.25, -0.2) is 4.68 Å². The van der Waals surface area contributed by atoms with Crippen molar-refractivity contribution in [1.82, 2.24) is 19.7 Å². The van der Waals surface area contributed by atoms with Crippen molar-refractivity contribution < 1.29 is 9.53 Å². The predicted octanol–water partition coefficient (Wildman–Crippen LogP) is 4.56. The molecule has 3 heterocycles. The number of para-hydroxylation sites is 1. The Hall–Kier alpha value is -2.81. The van der Waals surface area contributed by atoms with E-state index in [0.717, 1.165) is 28.9 Å². The maximum absolute atomic E-state index is 13.0. The van der Waals surface area contributed by atoms with Gasteiger partial charge in [-0.3, -0.25) is 14.7 Å². The molecular formula is C23H22N4O2S2. The SMILES string of the molecule is CCOCCCN1C(=O)/C(=C\c2cn(-c3ccccc3)nc2-c2ccncc2)SC1=S. The number of carbonyl (C=O) groups excluding carboxylic acids is 1. The number of hydrogen-bond donors (Lipinski definition) is 0. The summed E-state index contributed by atoms with van der Waals surface area (Å²) in [7, 11) is 0. The van der Waals surface area contributed by atoms with E-state index >= 15 is 0 Å². The van der Waals surface area contributed by atoms with Gasteiger partial charge in [-0.2, -0.15) is 5.10 Å². The van der Waals surface area contributed by atoms with Crippen LogP contribution in [0.1, 0.15) is 18.9 Å². The lowest BCUT2D eigenvalue weighted by atomic mass is 10.1. The molecule has 1 amide bonds. The number of pyridine rings is 1. The number of rotatable bonds is 8. The molecule has 0 unspecified atom stereocenters. The van der Waals surface area contributed by atoms with Gasteiger partial charge in [0.05, 0.1) is 10.6 Å². The van der Waals surface area contributed by atoms with E-state index in [1.54, 1.807) is 17.3 Å². The van der Waals surface area contributed by atoms with Gasteiger partial charge >= 0.3 is 0 Å². The summed E-state index contributed by atoms with van der Waals surface area (Å²) in [5.41, 5.74) is 3.52. The maximum atomic E-state index is 13.0. The van der Waals surface area contributed by atoms with Gasteiger partial charge in [-0.15, -0.1) is 0 Å². The lowest BCUT2D eigenvalue weighted by Crippen LogP contribution is -2.29. The Morgan fingerprint density at radius 3 is 2.68 bits per heavy atom. The molecule has 1 saturated heterocycles. The summed E-state index contributed by atoms with van der Waals surface area (Å²) in [6.45, 7) is 3.80. The Bertz CT molecular complexity index is 1100. The van der Waals surface area contributed by atoms with Crippen LogP contribution in [0.5, 0.6) is 0 Å². The quantitative estimate of drug-likeness (QED) is 0.285. The van der Waals surface area contributed by atoms with Crippen molar-refractivity contribution in [2.75, 3.05) is 19.8 Å². The largest absolute Gasteiger partial charge is 0.382 e. The Kier molecular flexibility index (Phi) is 6.91. The average molecular weight is 451 g/mol. The highest BCUT2D eigenvalue weighted by atomic mass is 32.2. The molecule has 6 nitrogen and oxygen atoms in total. The summed E-state index contributed by atoms with van der Waals surface area (Å²) in [5.74, 6) is -0.0698. The van der Waals surface area contributed by atoms with Crippen LogP contribution < -0.4 is 0 Å². The zero-order valence-electron chi connectivity index (χ0n) is 17.1. The molecular weight excluding hydrogens is 428 g/mol. The molecule has 0 bridgehead atoms. The van der Waals surface area contributed by atoms with E-state index in [-0.39, 0.29) is 5.91 Å². The van der Waals surface area contributed by atoms with E-state index in [2.05, 4.69) is 4.98 Å². The normalized spacial score (nSPS) is 15.3. The van der Waals surface area contributed by atoms with Crippen molar-refractivity contribution in [3.05, 3.63) is 71.5 Å². The lowest BCUT2D eigenvalue weighted by Gasteiger charge is -2.13. The zero-order chi connectivity index (χ0) is 21.6. The van der Waals surface area contributed by atoms with Crippen LogP contribution in [-0.4, -0.2) is 49.7 Å². The van der Waals surface area contributed by atoms with E-state index in [9.17, 15) is 4.79 Å². The Labute approximate surface area is 190 Å². The minimum Gasteiger partial charge on any atom is -0.382 e. The minimum atomic E-state index is -0.0698. The number of amides is 1. The highest BCUT2D eigenvalue weighted by molar-refractivity contribution is 8.26. The number of carbonyl (C=O) groups is 1. The smallest absolute Gasteiger partial charge is 0.266 e. The van der Waals surface area contributed by atoms with Crippen molar-refractivity contribution in [1.29, 1.82) is 0 Å². The second kappa shape index (κ2) is 10.00. The molecule has 0 N–H and O–H groups in total. The zero-order valence-corrected chi connectivity index (χ0v) is 18.7. The molecule has 1 aromatic carbocycles. The van der Waals surface area contributed by atoms with Gasteiger partial charge in [0.1, 0.15) is 10.0 Å². The number of aromatic nitrogens is 3. The molecule has 3 aromatic rings. The summed E-state index contributed by atoms with van der Waals surface area (Å²) < 4.78 is 7.78. The number of nitrogens with zero attached hydrogens (tertiary/aromatic N) is 4. The maximum Gasteiger partial charge on any atom is 0.266 e. The molecule has 4 rings (SSSR count). The monoisotopic (exact) mass is 450 g/mol. The van der Waals surface area contributed by atoms with E-state index in [4.69, 9.17) is 22.1 Å². The summed E-state index contributed by atoms with van der Waals surface area (Å²) >= 11 is 6.78. The Morgan fingerprint density at radius 2 is 1.94 bits per heavy atom. The van der Waals surface area contributed by atoms with E-state index in [0.29, 0.717) is 29.0 Å². The first kappa shape index (κ1) is 21.4. The van der Waals surface area contributed by atoms with Gasteiger partial charge in [0.25, 0.3) is 5.91 Å². The number of hydrogen-bond acceptors (Lipinski definition) is 6. The van der Waals surface area contributed by atoms with Gasteiger partial charge < -0.3 is 4.74 Å². The number of thiocarbonyl (C=S) groups is 1. The van der Waals surface area contributed by atoms with Crippen LogP contribution in [-0.2, 0) is 9.53 Å². The molecule has 1 aliphatic rings. The van der Waals surface area contributed by atoms with Crippen molar-refractivity contribution in [3.8, 4) is 16.9 Å². The first-order valence-corrected chi connectivity index (χ1v) is 11.3. The fraction of sp³-hybridized carbons (Fsp3) is 0.217. The third-order valence-corrected chi connectivity index (χ3v) is 6.13. The van der Waals surface area contributed by atoms with E-state index in [1.165, 1.54) is 11.8 Å². The highest BCUT2D eigenvalue weighted by Gasteiger charge is 2.32. The van der Waals surface area contributed by atoms with Crippen molar-refractivity contribution in [2.24, 2.45) is 0 Å². The molecule has 0 aliphatic carbocycles. The van der Waals surface area contributed by atoms with Crippen LogP contribution in [0.3, 0.4) is 0 Å². The van der Waals surface area contributed by atoms with E-state index < -0.39 is 0 Å². The molecule has 0 atom stereocenters. The molecule has 2 aromatic heterocycles. The molecule has 0 radical (unpaired) electrons. The average Bonchev–Trinajstić information content (AvgIpc) is 3.34. The second-order valence-electron chi connectivity index (χ2n) is 6.83. The minimum absolute atomic E-state index is 0.0698. The fourth-order valence-electron chi connectivity index (χ4n) is 3.24. The molecule has 31 heavy (non-hydrogen) atoms. The van der Waals surface area contributed by atoms with Crippen LogP contribution >= 0.6 is 24.0 Å². The summed E-state index contributed by atoms with van der Waals surface area (Å²) in [5, 5.41) is 4.79. The Balaban J connectivity index is 1.65. The van der Waals surface area contributed by atoms with Gasteiger partial charge in [-0.1, -0.05) is 42.2 Å². The van der Waals surface area contributed by atoms with Crippen molar-refractivity contribution in [3.63, 3.8) is 0 Å². The summed E-state index contributed by atoms with van der Waals surface area (Å²) in [4.78, 5) is 19.3. The third kappa shape index (κ3) is 4.92. The van der Waals surface area contributed by atoms with Gasteiger partial charge in [0, 0.05) is 49.5 Å². The van der Waals surface area contributed by atoms with Crippen LogP contribution in [0.15, 0.2) is 66.0 Å². The van der Waals surface area contributed by atoms with Crippen LogP contribution in [0, 0.1) is 0 Å². The molecule has 158 valence electrons. The second-order valence-corrected chi connectivity index (χ2v) is 8.51. The van der Waals surface area contributed by atoms with E-state index in [1.807, 2.05) is 66.3 Å². The van der Waals surface area contributed by atoms with Gasteiger partial charge in [0.15, 0.2) is 0 Å². The fourth-order valence-corrected chi connectivity index (χ4v) is 4.54. The number of benzene rings is 1. The highest BCUT2D eigenvalue weighted by Crippen LogP contribution is 2.34. The molecule has 1 aliphatic heterocycles. The lowest BCUT2D eigenvalue weighted by molar-refractivity contribution is -0.122. The first-order valence-electron chi connectivity index (χ1n) is 10.1. The van der Waals surface area contributed by atoms with Crippen LogP contribution in [0.25, 0.3) is 23.0 Å². The number of thioether (sulfide) groups is 1. The molecule has 8 heteroatoms. The van der Waals surface area contributed by atoms with Crippen LogP contribution in [0.2, 0.25) is 0 Å². The summed E-state index contributed by atoms with van der Waals surface area (Å²) in [6, 6.07) is 13.7. The van der Waals surface area contributed by atoms with Crippen molar-refractivity contribution >= 4 is 40.3 Å². The summed E-state index contributed by atoms with van der Waals surface area (Å²) in [6.07, 6.45) is 8.04. The first-order chi connectivity index (χ1) is 15.2. The van der Waals surface area contributed by atoms with Gasteiger partial charge in [-0.05, 0) is 43.7 Å². The van der Waals surface area contributed by atoms with Crippen molar-refractivity contribution in [2.45, 2.75) is 13.3 Å². The Morgan fingerprint density at radius 1 is 1.16 bits per heavy atom. The van der Waals surface area contributed by atoms with Crippen LogP contribution in [0.4, 0.5) is 0 Å². The predicted molar refractivity (Wildman–Crippen MR) is 128 cm³/mol. The molecule has 0 saturated carbocycles. The molecule has 1 fully saturated rings. The number of ether oxygens (including phenoxy) is 1. The standard InChI is InChI=1S/C23H22N4O2S2/c1-2-29-14-6-13-26-22(28)20(31-23(26)30)15-18-16-27(19-7-4-3-5-8-19)25-21(18)17-9-11-24-12-10-17/h3-5,7-12,15-16H,2,6,13-14H2,1H3/b20-15+. The topological polar surface area (TPSA) is 60.2 Å². The third-order valence-electron chi connectivity index (χ3n) is 4.75. The van der Waals surface area contributed by atoms with Gasteiger partial charge in [0.2, 0.25) is 0 Å². The molecule has 0 spiro atoms.